The molecule has 88 valence electrons. The molecule has 0 saturated carbocycles. The van der Waals surface area contributed by atoms with E-state index in [1.165, 1.54) is 11.1 Å². The minimum atomic E-state index is 0.239. The lowest BCUT2D eigenvalue weighted by molar-refractivity contribution is 0.452. The lowest BCUT2D eigenvalue weighted by Crippen LogP contribution is -2.23. The van der Waals surface area contributed by atoms with Crippen LogP contribution in [0, 0.1) is 0 Å². The quantitative estimate of drug-likeness (QED) is 0.712. The van der Waals surface area contributed by atoms with Gasteiger partial charge in [0.2, 0.25) is 0 Å². The Labute approximate surface area is 104 Å². The van der Waals surface area contributed by atoms with Gasteiger partial charge in [-0.2, -0.15) is 0 Å². The van der Waals surface area contributed by atoms with Crippen molar-refractivity contribution < 1.29 is 0 Å². The summed E-state index contributed by atoms with van der Waals surface area (Å²) in [6.07, 6.45) is 2.26. The van der Waals surface area contributed by atoms with Crippen molar-refractivity contribution in [2.45, 2.75) is 32.1 Å². The summed E-state index contributed by atoms with van der Waals surface area (Å²) in [4.78, 5) is 0. The fourth-order valence-corrected chi connectivity index (χ4v) is 2.32. The maximum Gasteiger partial charge on any atom is -0.00375 e. The minimum Gasteiger partial charge on any atom is -0.0645 e. The smallest absolute Gasteiger partial charge is 0.00375 e. The normalized spacial score (nSPS) is 14.2. The first-order chi connectivity index (χ1) is 8.24. The van der Waals surface area contributed by atoms with Crippen molar-refractivity contribution >= 4 is 0 Å². The lowest BCUT2D eigenvalue weighted by atomic mass is 9.75. The van der Waals surface area contributed by atoms with Gasteiger partial charge >= 0.3 is 0 Å². The summed E-state index contributed by atoms with van der Waals surface area (Å²) in [5.41, 5.74) is 3.09. The second-order valence-electron chi connectivity index (χ2n) is 4.94. The van der Waals surface area contributed by atoms with Gasteiger partial charge in [-0.25, -0.2) is 0 Å². The maximum absolute atomic E-state index is 2.36. The standard InChI is InChI=1S/C17H20/c1-3-17(2,16-12-8-5-9-13-16)14-15-10-6-4-7-11-15/h4-13H,3,14H2,1-2H3. The molecule has 0 aliphatic heterocycles. The average Bonchev–Trinajstić information content (AvgIpc) is 2.41. The van der Waals surface area contributed by atoms with Crippen LogP contribution in [0.4, 0.5) is 0 Å². The number of hydrogen-bond donors (Lipinski definition) is 0. The molecule has 0 aromatic heterocycles. The van der Waals surface area contributed by atoms with E-state index < -0.39 is 0 Å². The summed E-state index contributed by atoms with van der Waals surface area (Å²) >= 11 is 0. The van der Waals surface area contributed by atoms with Gasteiger partial charge in [-0.05, 0) is 29.4 Å². The molecular formula is C17H20. The van der Waals surface area contributed by atoms with Gasteiger partial charge in [-0.3, -0.25) is 0 Å². The predicted octanol–water partition coefficient (Wildman–Crippen LogP) is 4.60. The van der Waals surface area contributed by atoms with Crippen molar-refractivity contribution in [1.29, 1.82) is 0 Å². The molecule has 0 fully saturated rings. The van der Waals surface area contributed by atoms with Crippen LogP contribution in [0.5, 0.6) is 0 Å². The molecule has 0 nitrogen and oxygen atoms in total. The largest absolute Gasteiger partial charge is 0.0645 e. The van der Waals surface area contributed by atoms with Crippen molar-refractivity contribution in [3.63, 3.8) is 0 Å². The van der Waals surface area contributed by atoms with Crippen LogP contribution in [-0.2, 0) is 11.8 Å². The van der Waals surface area contributed by atoms with E-state index in [1.807, 2.05) is 0 Å². The van der Waals surface area contributed by atoms with Crippen LogP contribution in [0.15, 0.2) is 60.7 Å². The van der Waals surface area contributed by atoms with Crippen LogP contribution in [0.3, 0.4) is 0 Å². The van der Waals surface area contributed by atoms with Crippen molar-refractivity contribution in [2.24, 2.45) is 0 Å². The predicted molar refractivity (Wildman–Crippen MR) is 74.2 cm³/mol. The van der Waals surface area contributed by atoms with Crippen molar-refractivity contribution in [2.75, 3.05) is 0 Å². The highest BCUT2D eigenvalue weighted by Gasteiger charge is 2.24. The van der Waals surface area contributed by atoms with E-state index in [0.29, 0.717) is 0 Å². The zero-order valence-electron chi connectivity index (χ0n) is 10.7. The molecular weight excluding hydrogens is 204 g/mol. The van der Waals surface area contributed by atoms with Crippen LogP contribution < -0.4 is 0 Å². The second-order valence-corrected chi connectivity index (χ2v) is 4.94. The van der Waals surface area contributed by atoms with Crippen LogP contribution in [-0.4, -0.2) is 0 Å². The topological polar surface area (TPSA) is 0 Å². The fraction of sp³-hybridized carbons (Fsp3) is 0.294. The van der Waals surface area contributed by atoms with Crippen molar-refractivity contribution in [3.8, 4) is 0 Å². The van der Waals surface area contributed by atoms with Gasteiger partial charge in [-0.15, -0.1) is 0 Å². The van der Waals surface area contributed by atoms with E-state index in [4.69, 9.17) is 0 Å². The Morgan fingerprint density at radius 1 is 0.824 bits per heavy atom. The summed E-state index contributed by atoms with van der Waals surface area (Å²) in [7, 11) is 0. The molecule has 0 aliphatic carbocycles. The Hall–Kier alpha value is -1.56. The van der Waals surface area contributed by atoms with Crippen molar-refractivity contribution in [3.05, 3.63) is 71.8 Å². The zero-order valence-corrected chi connectivity index (χ0v) is 10.7. The van der Waals surface area contributed by atoms with Gasteiger partial charge < -0.3 is 0 Å². The first-order valence-electron chi connectivity index (χ1n) is 6.34. The minimum absolute atomic E-state index is 0.239. The summed E-state index contributed by atoms with van der Waals surface area (Å²) in [5, 5.41) is 0. The van der Waals surface area contributed by atoms with E-state index in [-0.39, 0.29) is 5.41 Å². The Morgan fingerprint density at radius 2 is 1.35 bits per heavy atom. The van der Waals surface area contributed by atoms with Gasteiger partial charge in [0.1, 0.15) is 0 Å². The van der Waals surface area contributed by atoms with Gasteiger partial charge in [0.05, 0.1) is 0 Å². The van der Waals surface area contributed by atoms with E-state index in [1.54, 1.807) is 0 Å². The molecule has 1 atom stereocenters. The highest BCUT2D eigenvalue weighted by atomic mass is 14.3. The molecule has 0 N–H and O–H groups in total. The molecule has 0 aliphatic rings. The van der Waals surface area contributed by atoms with Crippen molar-refractivity contribution in [1.82, 2.24) is 0 Å². The molecule has 0 bridgehead atoms. The maximum atomic E-state index is 2.36. The number of rotatable bonds is 4. The number of hydrogen-bond acceptors (Lipinski definition) is 0. The van der Waals surface area contributed by atoms with Gasteiger partial charge in [0, 0.05) is 0 Å². The van der Waals surface area contributed by atoms with E-state index in [9.17, 15) is 0 Å². The first kappa shape index (κ1) is 11.9. The van der Waals surface area contributed by atoms with Crippen LogP contribution >= 0.6 is 0 Å². The fourth-order valence-electron chi connectivity index (χ4n) is 2.32. The molecule has 0 heteroatoms. The Morgan fingerprint density at radius 3 is 1.88 bits per heavy atom. The summed E-state index contributed by atoms with van der Waals surface area (Å²) in [6, 6.07) is 21.6. The molecule has 0 amide bonds. The number of benzene rings is 2. The van der Waals surface area contributed by atoms with E-state index >= 15 is 0 Å². The van der Waals surface area contributed by atoms with E-state index in [0.717, 1.165) is 12.8 Å². The Kier molecular flexibility index (Phi) is 3.63. The Balaban J connectivity index is 2.27. The van der Waals surface area contributed by atoms with Gasteiger partial charge in [0.15, 0.2) is 0 Å². The summed E-state index contributed by atoms with van der Waals surface area (Å²) < 4.78 is 0. The third-order valence-corrected chi connectivity index (χ3v) is 3.69. The Bertz CT molecular complexity index is 444. The molecule has 1 unspecified atom stereocenters. The SMILES string of the molecule is CCC(C)(Cc1ccccc1)c1ccccc1. The van der Waals surface area contributed by atoms with E-state index in [2.05, 4.69) is 74.5 Å². The van der Waals surface area contributed by atoms with Gasteiger partial charge in [-0.1, -0.05) is 74.5 Å². The van der Waals surface area contributed by atoms with Gasteiger partial charge in [0.25, 0.3) is 0 Å². The van der Waals surface area contributed by atoms with Crippen LogP contribution in [0.2, 0.25) is 0 Å². The molecule has 2 rings (SSSR count). The third-order valence-electron chi connectivity index (χ3n) is 3.69. The molecule has 0 radical (unpaired) electrons. The molecule has 2 aromatic rings. The monoisotopic (exact) mass is 224 g/mol. The molecule has 0 saturated heterocycles. The molecule has 0 heterocycles. The molecule has 17 heavy (non-hydrogen) atoms. The summed E-state index contributed by atoms with van der Waals surface area (Å²) in [5.74, 6) is 0. The van der Waals surface area contributed by atoms with Crippen LogP contribution in [0.25, 0.3) is 0 Å². The highest BCUT2D eigenvalue weighted by molar-refractivity contribution is 5.28. The zero-order chi connectivity index (χ0) is 12.1. The van der Waals surface area contributed by atoms with Crippen LogP contribution in [0.1, 0.15) is 31.4 Å². The third kappa shape index (κ3) is 2.76. The molecule has 2 aromatic carbocycles. The lowest BCUT2D eigenvalue weighted by Gasteiger charge is -2.29. The summed E-state index contributed by atoms with van der Waals surface area (Å²) in [6.45, 7) is 4.63. The second kappa shape index (κ2) is 5.18. The highest BCUT2D eigenvalue weighted by Crippen LogP contribution is 2.31. The molecule has 0 spiro atoms. The average molecular weight is 224 g/mol. The first-order valence-corrected chi connectivity index (χ1v) is 6.34.